The molecule has 3 N–H and O–H groups in total. The van der Waals surface area contributed by atoms with Gasteiger partial charge in [0.2, 0.25) is 5.91 Å². The molecule has 1 fully saturated rings. The number of ether oxygens (including phenoxy) is 1. The van der Waals surface area contributed by atoms with Gasteiger partial charge < -0.3 is 15.8 Å². The average Bonchev–Trinajstić information content (AvgIpc) is 2.64. The van der Waals surface area contributed by atoms with E-state index >= 15 is 0 Å². The summed E-state index contributed by atoms with van der Waals surface area (Å²) in [4.78, 5) is 11.6. The van der Waals surface area contributed by atoms with E-state index in [9.17, 15) is 4.79 Å². The summed E-state index contributed by atoms with van der Waals surface area (Å²) in [5.74, 6) is -0.0570. The van der Waals surface area contributed by atoms with E-state index in [1.165, 1.54) is 12.8 Å². The van der Waals surface area contributed by atoms with Crippen LogP contribution in [0.3, 0.4) is 0 Å². The smallest absolute Gasteiger partial charge is 0.246 e. The molecular weight excluding hydrogens is 216 g/mol. The zero-order valence-electron chi connectivity index (χ0n) is 11.3. The van der Waals surface area contributed by atoms with Crippen LogP contribution in [-0.4, -0.2) is 30.2 Å². The molecule has 17 heavy (non-hydrogen) atoms. The molecule has 0 radical (unpaired) electrons. The van der Waals surface area contributed by atoms with Gasteiger partial charge in [-0.3, -0.25) is 4.79 Å². The minimum absolute atomic E-state index is 0.0570. The summed E-state index contributed by atoms with van der Waals surface area (Å²) < 4.78 is 5.44. The molecule has 1 aliphatic rings. The molecule has 0 aromatic heterocycles. The van der Waals surface area contributed by atoms with Gasteiger partial charge in [0.15, 0.2) is 0 Å². The van der Waals surface area contributed by atoms with Crippen molar-refractivity contribution in [2.45, 2.75) is 64.0 Å². The first-order valence-corrected chi connectivity index (χ1v) is 6.55. The van der Waals surface area contributed by atoms with Crippen molar-refractivity contribution in [3.05, 3.63) is 0 Å². The summed E-state index contributed by atoms with van der Waals surface area (Å²) in [7, 11) is 0. The number of nitrogens with one attached hydrogen (secondary N) is 1. The van der Waals surface area contributed by atoms with E-state index in [1.54, 1.807) is 0 Å². The SMILES string of the molecule is CCC(C)(C)NC(=O)COCC1(N)CCCC1. The monoisotopic (exact) mass is 242 g/mol. The predicted molar refractivity (Wildman–Crippen MR) is 68.7 cm³/mol. The minimum Gasteiger partial charge on any atom is -0.370 e. The molecule has 0 bridgehead atoms. The van der Waals surface area contributed by atoms with Crippen molar-refractivity contribution >= 4 is 5.91 Å². The molecule has 0 aliphatic heterocycles. The van der Waals surface area contributed by atoms with Gasteiger partial charge in [-0.15, -0.1) is 0 Å². The Balaban J connectivity index is 2.20. The minimum atomic E-state index is -0.194. The van der Waals surface area contributed by atoms with Crippen LogP contribution in [0.25, 0.3) is 0 Å². The molecule has 0 saturated heterocycles. The van der Waals surface area contributed by atoms with Gasteiger partial charge in [0.25, 0.3) is 0 Å². The Bertz CT molecular complexity index is 258. The third kappa shape index (κ3) is 5.04. The van der Waals surface area contributed by atoms with Crippen LogP contribution in [0.4, 0.5) is 0 Å². The van der Waals surface area contributed by atoms with Crippen LogP contribution in [0.5, 0.6) is 0 Å². The van der Waals surface area contributed by atoms with Crippen molar-refractivity contribution in [3.63, 3.8) is 0 Å². The lowest BCUT2D eigenvalue weighted by atomic mass is 10.0. The maximum atomic E-state index is 11.6. The Kier molecular flexibility index (Phi) is 4.95. The van der Waals surface area contributed by atoms with Gasteiger partial charge >= 0.3 is 0 Å². The van der Waals surface area contributed by atoms with E-state index in [2.05, 4.69) is 12.2 Å². The van der Waals surface area contributed by atoms with Crippen LogP contribution < -0.4 is 11.1 Å². The molecule has 1 rings (SSSR count). The molecule has 0 atom stereocenters. The highest BCUT2D eigenvalue weighted by atomic mass is 16.5. The summed E-state index contributed by atoms with van der Waals surface area (Å²) in [6.45, 7) is 6.67. The van der Waals surface area contributed by atoms with Gasteiger partial charge in [0, 0.05) is 11.1 Å². The first-order chi connectivity index (χ1) is 7.87. The Hall–Kier alpha value is -0.610. The lowest BCUT2D eigenvalue weighted by Gasteiger charge is -2.26. The lowest BCUT2D eigenvalue weighted by Crippen LogP contribution is -2.46. The normalized spacial score (nSPS) is 19.3. The van der Waals surface area contributed by atoms with Gasteiger partial charge in [-0.2, -0.15) is 0 Å². The molecule has 4 nitrogen and oxygen atoms in total. The number of carbonyl (C=O) groups excluding carboxylic acids is 1. The van der Waals surface area contributed by atoms with Gasteiger partial charge in [-0.1, -0.05) is 19.8 Å². The fraction of sp³-hybridized carbons (Fsp3) is 0.923. The van der Waals surface area contributed by atoms with Crippen molar-refractivity contribution in [2.24, 2.45) is 5.73 Å². The van der Waals surface area contributed by atoms with Crippen LogP contribution in [0.1, 0.15) is 52.9 Å². The molecule has 4 heteroatoms. The fourth-order valence-corrected chi connectivity index (χ4v) is 2.07. The highest BCUT2D eigenvalue weighted by Gasteiger charge is 2.29. The zero-order chi connectivity index (χ0) is 12.9. The molecule has 0 unspecified atom stereocenters. The molecule has 1 saturated carbocycles. The Morgan fingerprint density at radius 1 is 1.41 bits per heavy atom. The molecular formula is C13H26N2O2. The third-order valence-electron chi connectivity index (χ3n) is 3.58. The molecule has 1 aliphatic carbocycles. The highest BCUT2D eigenvalue weighted by Crippen LogP contribution is 2.27. The predicted octanol–water partition coefficient (Wildman–Crippen LogP) is 1.58. The summed E-state index contributed by atoms with van der Waals surface area (Å²) in [6, 6.07) is 0. The van der Waals surface area contributed by atoms with E-state index in [4.69, 9.17) is 10.5 Å². The number of amides is 1. The number of rotatable bonds is 6. The number of hydrogen-bond acceptors (Lipinski definition) is 3. The van der Waals surface area contributed by atoms with Gasteiger partial charge in [0.1, 0.15) is 6.61 Å². The number of hydrogen-bond donors (Lipinski definition) is 2. The molecule has 0 spiro atoms. The molecule has 1 amide bonds. The van der Waals surface area contributed by atoms with Crippen molar-refractivity contribution < 1.29 is 9.53 Å². The molecule has 0 heterocycles. The second kappa shape index (κ2) is 5.83. The second-order valence-corrected chi connectivity index (χ2v) is 5.85. The number of carbonyl (C=O) groups is 1. The van der Waals surface area contributed by atoms with Crippen molar-refractivity contribution in [2.75, 3.05) is 13.2 Å². The largest absolute Gasteiger partial charge is 0.370 e. The van der Waals surface area contributed by atoms with Crippen LogP contribution in [0.15, 0.2) is 0 Å². The van der Waals surface area contributed by atoms with E-state index in [-0.39, 0.29) is 23.6 Å². The van der Waals surface area contributed by atoms with E-state index < -0.39 is 0 Å². The van der Waals surface area contributed by atoms with Crippen LogP contribution in [-0.2, 0) is 9.53 Å². The van der Waals surface area contributed by atoms with E-state index in [1.807, 2.05) is 13.8 Å². The quantitative estimate of drug-likeness (QED) is 0.743. The standard InChI is InChI=1S/C13H26N2O2/c1-4-12(2,3)15-11(16)9-17-10-13(14)7-5-6-8-13/h4-10,14H2,1-3H3,(H,15,16). The first kappa shape index (κ1) is 14.5. The maximum Gasteiger partial charge on any atom is 0.246 e. The fourth-order valence-electron chi connectivity index (χ4n) is 2.07. The van der Waals surface area contributed by atoms with Crippen molar-refractivity contribution in [1.29, 1.82) is 0 Å². The van der Waals surface area contributed by atoms with Crippen LogP contribution in [0, 0.1) is 0 Å². The third-order valence-corrected chi connectivity index (χ3v) is 3.58. The maximum absolute atomic E-state index is 11.6. The van der Waals surface area contributed by atoms with E-state index in [0.717, 1.165) is 19.3 Å². The zero-order valence-corrected chi connectivity index (χ0v) is 11.3. The first-order valence-electron chi connectivity index (χ1n) is 6.55. The van der Waals surface area contributed by atoms with Crippen molar-refractivity contribution in [1.82, 2.24) is 5.32 Å². The summed E-state index contributed by atoms with van der Waals surface area (Å²) in [6.07, 6.45) is 5.27. The summed E-state index contributed by atoms with van der Waals surface area (Å²) >= 11 is 0. The Morgan fingerprint density at radius 2 is 2.00 bits per heavy atom. The van der Waals surface area contributed by atoms with Crippen LogP contribution in [0.2, 0.25) is 0 Å². The van der Waals surface area contributed by atoms with Gasteiger partial charge in [-0.25, -0.2) is 0 Å². The summed E-state index contributed by atoms with van der Waals surface area (Å²) in [5, 5.41) is 2.94. The lowest BCUT2D eigenvalue weighted by molar-refractivity contribution is -0.127. The molecule has 0 aromatic rings. The Labute approximate surface area is 104 Å². The van der Waals surface area contributed by atoms with Crippen LogP contribution >= 0.6 is 0 Å². The second-order valence-electron chi connectivity index (χ2n) is 5.85. The topological polar surface area (TPSA) is 64.3 Å². The summed E-state index contributed by atoms with van der Waals surface area (Å²) in [5.41, 5.74) is 5.79. The van der Waals surface area contributed by atoms with E-state index in [0.29, 0.717) is 6.61 Å². The van der Waals surface area contributed by atoms with Gasteiger partial charge in [-0.05, 0) is 33.1 Å². The molecule has 100 valence electrons. The Morgan fingerprint density at radius 3 is 2.53 bits per heavy atom. The highest BCUT2D eigenvalue weighted by molar-refractivity contribution is 5.77. The van der Waals surface area contributed by atoms with Gasteiger partial charge in [0.05, 0.1) is 6.61 Å². The molecule has 0 aromatic carbocycles. The average molecular weight is 242 g/mol. The van der Waals surface area contributed by atoms with Crippen molar-refractivity contribution in [3.8, 4) is 0 Å². The number of nitrogens with two attached hydrogens (primary N) is 1.